The van der Waals surface area contributed by atoms with E-state index < -0.39 is 15.7 Å². The van der Waals surface area contributed by atoms with Crippen LogP contribution >= 0.6 is 0 Å². The van der Waals surface area contributed by atoms with Crippen LogP contribution in [-0.4, -0.2) is 20.1 Å². The molecule has 0 radical (unpaired) electrons. The fourth-order valence-electron chi connectivity index (χ4n) is 2.21. The molecule has 0 heterocycles. The van der Waals surface area contributed by atoms with Crippen LogP contribution in [0.25, 0.3) is 5.57 Å². The van der Waals surface area contributed by atoms with Crippen molar-refractivity contribution in [3.05, 3.63) is 76.7 Å². The average molecular weight is 315 g/mol. The normalized spacial score (nSPS) is 11.0. The lowest BCUT2D eigenvalue weighted by atomic mass is 9.97. The molecule has 0 aliphatic rings. The van der Waals surface area contributed by atoms with E-state index in [1.165, 1.54) is 6.92 Å². The summed E-state index contributed by atoms with van der Waals surface area (Å²) in [5.41, 5.74) is 7.02. The summed E-state index contributed by atoms with van der Waals surface area (Å²) in [6, 6.07) is 17.8. The van der Waals surface area contributed by atoms with Crippen LogP contribution in [0, 0.1) is 0 Å². The van der Waals surface area contributed by atoms with Gasteiger partial charge in [-0.2, -0.15) is 0 Å². The smallest absolute Gasteiger partial charge is 0.260 e. The van der Waals surface area contributed by atoms with Crippen molar-refractivity contribution in [1.29, 1.82) is 0 Å². The Kier molecular flexibility index (Phi) is 4.78. The number of carbonyl (C=O) groups is 1. The SMILES string of the molecule is CCS(=O)(=O)C(C(N)=O)=C(c1ccccc1)c1ccccc1. The summed E-state index contributed by atoms with van der Waals surface area (Å²) < 4.78 is 24.7. The lowest BCUT2D eigenvalue weighted by Crippen LogP contribution is -2.24. The van der Waals surface area contributed by atoms with E-state index in [4.69, 9.17) is 5.73 Å². The molecule has 2 aromatic carbocycles. The van der Waals surface area contributed by atoms with E-state index in [1.807, 2.05) is 12.1 Å². The average Bonchev–Trinajstić information content (AvgIpc) is 2.53. The molecule has 0 aliphatic carbocycles. The number of amides is 1. The van der Waals surface area contributed by atoms with Gasteiger partial charge >= 0.3 is 0 Å². The molecule has 2 rings (SSSR count). The molecule has 0 spiro atoms. The van der Waals surface area contributed by atoms with E-state index in [1.54, 1.807) is 48.5 Å². The van der Waals surface area contributed by atoms with Gasteiger partial charge in [-0.15, -0.1) is 0 Å². The Bertz CT molecular complexity index is 753. The Balaban J connectivity index is 2.88. The lowest BCUT2D eigenvalue weighted by molar-refractivity contribution is -0.113. The predicted molar refractivity (Wildman–Crippen MR) is 87.6 cm³/mol. The van der Waals surface area contributed by atoms with Gasteiger partial charge in [0.2, 0.25) is 0 Å². The van der Waals surface area contributed by atoms with E-state index in [9.17, 15) is 13.2 Å². The third-order valence-electron chi connectivity index (χ3n) is 3.27. The van der Waals surface area contributed by atoms with Crippen LogP contribution in [-0.2, 0) is 14.6 Å². The summed E-state index contributed by atoms with van der Waals surface area (Å²) in [6.45, 7) is 1.49. The highest BCUT2D eigenvalue weighted by Gasteiger charge is 2.27. The van der Waals surface area contributed by atoms with Gasteiger partial charge in [0.1, 0.15) is 4.91 Å². The van der Waals surface area contributed by atoms with Crippen molar-refractivity contribution in [3.63, 3.8) is 0 Å². The number of benzene rings is 2. The van der Waals surface area contributed by atoms with Crippen LogP contribution < -0.4 is 5.73 Å². The maximum Gasteiger partial charge on any atom is 0.260 e. The highest BCUT2D eigenvalue weighted by molar-refractivity contribution is 7.96. The molecule has 0 atom stereocenters. The Hall–Kier alpha value is -2.40. The zero-order valence-corrected chi connectivity index (χ0v) is 13.0. The van der Waals surface area contributed by atoms with Crippen molar-refractivity contribution < 1.29 is 13.2 Å². The highest BCUT2D eigenvalue weighted by Crippen LogP contribution is 2.29. The molecule has 0 saturated carbocycles. The largest absolute Gasteiger partial charge is 0.365 e. The topological polar surface area (TPSA) is 77.2 Å². The number of primary amides is 1. The molecule has 5 heteroatoms. The Labute approximate surface area is 130 Å². The first kappa shape index (κ1) is 16.0. The summed E-state index contributed by atoms with van der Waals surface area (Å²) in [5, 5.41) is 0. The van der Waals surface area contributed by atoms with Crippen LogP contribution in [0.1, 0.15) is 18.1 Å². The second-order valence-electron chi connectivity index (χ2n) is 4.70. The van der Waals surface area contributed by atoms with Gasteiger partial charge in [0, 0.05) is 5.57 Å². The molecule has 4 nitrogen and oxygen atoms in total. The van der Waals surface area contributed by atoms with Gasteiger partial charge in [-0.3, -0.25) is 4.79 Å². The number of hydrogen-bond donors (Lipinski definition) is 1. The zero-order chi connectivity index (χ0) is 16.2. The summed E-state index contributed by atoms with van der Waals surface area (Å²) in [5.74, 6) is -1.13. The number of sulfone groups is 1. The van der Waals surface area contributed by atoms with E-state index in [2.05, 4.69) is 0 Å². The molecule has 0 saturated heterocycles. The maximum absolute atomic E-state index is 12.4. The first-order valence-electron chi connectivity index (χ1n) is 6.85. The van der Waals surface area contributed by atoms with Crippen LogP contribution in [0.15, 0.2) is 65.6 Å². The second kappa shape index (κ2) is 6.58. The van der Waals surface area contributed by atoms with Crippen molar-refractivity contribution in [2.75, 3.05) is 5.75 Å². The summed E-state index contributed by atoms with van der Waals surface area (Å²) >= 11 is 0. The maximum atomic E-state index is 12.4. The zero-order valence-electron chi connectivity index (χ0n) is 12.2. The fourth-order valence-corrected chi connectivity index (χ4v) is 3.36. The lowest BCUT2D eigenvalue weighted by Gasteiger charge is -2.14. The molecule has 2 aromatic rings. The van der Waals surface area contributed by atoms with Crippen LogP contribution in [0.5, 0.6) is 0 Å². The number of rotatable bonds is 5. The molecule has 1 amide bonds. The van der Waals surface area contributed by atoms with Gasteiger partial charge in [0.25, 0.3) is 5.91 Å². The summed E-state index contributed by atoms with van der Waals surface area (Å²) in [7, 11) is -3.75. The van der Waals surface area contributed by atoms with E-state index in [0.29, 0.717) is 16.7 Å². The van der Waals surface area contributed by atoms with Crippen LogP contribution in [0.3, 0.4) is 0 Å². The molecule has 0 unspecified atom stereocenters. The summed E-state index contributed by atoms with van der Waals surface area (Å²) in [6.07, 6.45) is 0. The quantitative estimate of drug-likeness (QED) is 0.860. The predicted octanol–water partition coefficient (Wildman–Crippen LogP) is 2.37. The van der Waals surface area contributed by atoms with E-state index >= 15 is 0 Å². The highest BCUT2D eigenvalue weighted by atomic mass is 32.2. The monoisotopic (exact) mass is 315 g/mol. The molecule has 114 valence electrons. The number of nitrogens with two attached hydrogens (primary N) is 1. The molecular formula is C17H17NO3S. The van der Waals surface area contributed by atoms with Gasteiger partial charge in [0.05, 0.1) is 5.75 Å². The fraction of sp³-hybridized carbons (Fsp3) is 0.118. The van der Waals surface area contributed by atoms with E-state index in [0.717, 1.165) is 0 Å². The minimum Gasteiger partial charge on any atom is -0.365 e. The van der Waals surface area contributed by atoms with Gasteiger partial charge in [0.15, 0.2) is 9.84 Å². The molecular weight excluding hydrogens is 298 g/mol. The van der Waals surface area contributed by atoms with E-state index in [-0.39, 0.29) is 10.7 Å². The molecule has 2 N–H and O–H groups in total. The number of hydrogen-bond acceptors (Lipinski definition) is 3. The third-order valence-corrected chi connectivity index (χ3v) is 5.05. The van der Waals surface area contributed by atoms with Gasteiger partial charge in [-0.25, -0.2) is 8.42 Å². The first-order chi connectivity index (χ1) is 10.5. The van der Waals surface area contributed by atoms with Gasteiger partial charge in [-0.1, -0.05) is 67.6 Å². The van der Waals surface area contributed by atoms with Gasteiger partial charge in [-0.05, 0) is 11.1 Å². The van der Waals surface area contributed by atoms with Crippen molar-refractivity contribution in [3.8, 4) is 0 Å². The molecule has 0 bridgehead atoms. The minimum absolute atomic E-state index is 0.186. The standard InChI is InChI=1S/C17H17NO3S/c1-2-22(20,21)16(17(18)19)15(13-9-5-3-6-10-13)14-11-7-4-8-12-14/h3-12H,2H2,1H3,(H2,18,19). The van der Waals surface area contributed by atoms with Crippen molar-refractivity contribution in [2.45, 2.75) is 6.92 Å². The minimum atomic E-state index is -3.75. The number of carbonyl (C=O) groups excluding carboxylic acids is 1. The Morgan fingerprint density at radius 2 is 1.32 bits per heavy atom. The van der Waals surface area contributed by atoms with Crippen molar-refractivity contribution >= 4 is 21.3 Å². The first-order valence-corrected chi connectivity index (χ1v) is 8.50. The molecule has 0 aromatic heterocycles. The van der Waals surface area contributed by atoms with Crippen molar-refractivity contribution in [2.24, 2.45) is 5.73 Å². The Morgan fingerprint density at radius 1 is 0.909 bits per heavy atom. The summed E-state index contributed by atoms with van der Waals surface area (Å²) in [4.78, 5) is 11.5. The van der Waals surface area contributed by atoms with Crippen molar-refractivity contribution in [1.82, 2.24) is 0 Å². The van der Waals surface area contributed by atoms with Gasteiger partial charge < -0.3 is 5.73 Å². The molecule has 22 heavy (non-hydrogen) atoms. The molecule has 0 fully saturated rings. The van der Waals surface area contributed by atoms with Crippen LogP contribution in [0.2, 0.25) is 0 Å². The second-order valence-corrected chi connectivity index (χ2v) is 6.92. The molecule has 0 aliphatic heterocycles. The third kappa shape index (κ3) is 3.26. The Morgan fingerprint density at radius 3 is 1.64 bits per heavy atom. The van der Waals surface area contributed by atoms with Crippen LogP contribution in [0.4, 0.5) is 0 Å².